The Morgan fingerprint density at radius 3 is 2.52 bits per heavy atom. The van der Waals surface area contributed by atoms with E-state index >= 15 is 4.39 Å². The van der Waals surface area contributed by atoms with Crippen LogP contribution in [0.25, 0.3) is 0 Å². The van der Waals surface area contributed by atoms with Crippen LogP contribution in [0.1, 0.15) is 88.4 Å². The van der Waals surface area contributed by atoms with E-state index in [1.165, 1.54) is 24.5 Å². The van der Waals surface area contributed by atoms with E-state index in [0.717, 1.165) is 50.2 Å². The van der Waals surface area contributed by atoms with Crippen molar-refractivity contribution in [2.45, 2.75) is 89.9 Å². The lowest BCUT2D eigenvalue weighted by Crippen LogP contribution is -2.52. The molecule has 4 rings (SSSR count). The molecule has 1 aliphatic heterocycles. The maximum absolute atomic E-state index is 15.2. The van der Waals surface area contributed by atoms with Gasteiger partial charge in [-0.25, -0.2) is 23.2 Å². The summed E-state index contributed by atoms with van der Waals surface area (Å²) in [6.07, 6.45) is 7.26. The number of piperidine rings is 1. The minimum atomic E-state index is -0.833. The second kappa shape index (κ2) is 21.4. The molecular weight excluding hydrogens is 674 g/mol. The fourth-order valence-corrected chi connectivity index (χ4v) is 7.10. The fraction of sp³-hybridized carbons (Fsp3) is 0.615. The van der Waals surface area contributed by atoms with Crippen LogP contribution in [-0.4, -0.2) is 87.6 Å². The number of hydrogen-bond donors (Lipinski definition) is 2. The summed E-state index contributed by atoms with van der Waals surface area (Å²) >= 11 is 0. The van der Waals surface area contributed by atoms with E-state index in [1.54, 1.807) is 11.9 Å². The Kier molecular flexibility index (Phi) is 16.7. The van der Waals surface area contributed by atoms with Gasteiger partial charge in [0.25, 0.3) is 0 Å². The van der Waals surface area contributed by atoms with Crippen LogP contribution >= 0.6 is 0 Å². The number of urea groups is 1. The van der Waals surface area contributed by atoms with Crippen LogP contribution in [-0.2, 0) is 20.8 Å². The Balaban J connectivity index is 1.48. The van der Waals surface area contributed by atoms with E-state index < -0.39 is 29.9 Å². The van der Waals surface area contributed by atoms with Gasteiger partial charge in [-0.2, -0.15) is 0 Å². The third-order valence-electron chi connectivity index (χ3n) is 9.80. The van der Waals surface area contributed by atoms with Gasteiger partial charge in [0.05, 0.1) is 26.4 Å². The van der Waals surface area contributed by atoms with Crippen molar-refractivity contribution in [2.24, 2.45) is 11.8 Å². The molecule has 0 spiro atoms. The lowest BCUT2D eigenvalue weighted by molar-refractivity contribution is -0.0107. The number of likely N-dealkylation sites (tertiary alicyclic amines) is 1. The maximum atomic E-state index is 15.2. The number of carbonyl (C=O) groups excluding carboxylic acids is 3. The number of amides is 4. The van der Waals surface area contributed by atoms with Gasteiger partial charge in [0.1, 0.15) is 12.4 Å². The summed E-state index contributed by atoms with van der Waals surface area (Å²) < 4.78 is 52.3. The van der Waals surface area contributed by atoms with Gasteiger partial charge in [-0.1, -0.05) is 75.8 Å². The van der Waals surface area contributed by atoms with Crippen LogP contribution < -0.4 is 15.4 Å². The van der Waals surface area contributed by atoms with Crippen LogP contribution in [0.4, 0.5) is 23.2 Å². The standard InChI is InChI=1S/C39H56F2N4O7/c1-4-5-20-50-36-33(23-31(40)24-34(36)41)35(51-21-18-42-38(47)49-3)30-17-12-19-45(25-30)37(46)43-32(22-28-13-8-6-9-14-28)26-44(2)39(48)52-27-29-15-10-7-11-16-29/h7,10-11,15-16,23-24,28,30,32,35H,4-6,8-9,12-14,17-22,25-27H2,1-3H3,(H,42,47)(H,43,46)/t30-,32+,35-/m1/s1. The molecule has 4 amide bonds. The molecule has 0 aromatic heterocycles. The van der Waals surface area contributed by atoms with Gasteiger partial charge in [-0.05, 0) is 43.2 Å². The smallest absolute Gasteiger partial charge is 0.409 e. The number of nitrogens with one attached hydrogen (secondary N) is 2. The molecule has 11 nitrogen and oxygen atoms in total. The second-order valence-electron chi connectivity index (χ2n) is 13.9. The predicted molar refractivity (Wildman–Crippen MR) is 193 cm³/mol. The highest BCUT2D eigenvalue weighted by Crippen LogP contribution is 2.39. The van der Waals surface area contributed by atoms with Crippen molar-refractivity contribution in [3.05, 3.63) is 65.2 Å². The molecule has 2 N–H and O–H groups in total. The SMILES string of the molecule is CCCCOc1c(F)cc(F)cc1[C@H](OCCNC(=O)OC)[C@@H]1CCCN(C(=O)N[C@@H](CC2CCCCC2)CN(C)C(=O)OCc2ccccc2)C1. The zero-order valence-electron chi connectivity index (χ0n) is 30.9. The number of ether oxygens (including phenoxy) is 4. The minimum absolute atomic E-state index is 0.0329. The molecule has 13 heteroatoms. The van der Waals surface area contributed by atoms with Crippen molar-refractivity contribution in [3.8, 4) is 5.75 Å². The number of methoxy groups -OCH3 is 1. The Morgan fingerprint density at radius 1 is 1.02 bits per heavy atom. The Hall–Kier alpha value is -4.13. The van der Waals surface area contributed by atoms with E-state index in [1.807, 2.05) is 37.3 Å². The summed E-state index contributed by atoms with van der Waals surface area (Å²) in [6, 6.07) is 10.9. The van der Waals surface area contributed by atoms with Crippen molar-refractivity contribution in [3.63, 3.8) is 0 Å². The van der Waals surface area contributed by atoms with Gasteiger partial charge < -0.3 is 39.4 Å². The number of halogens is 2. The Morgan fingerprint density at radius 2 is 1.79 bits per heavy atom. The van der Waals surface area contributed by atoms with Crippen molar-refractivity contribution in [2.75, 3.05) is 53.6 Å². The highest BCUT2D eigenvalue weighted by atomic mass is 19.1. The maximum Gasteiger partial charge on any atom is 0.409 e. The number of rotatable bonds is 17. The molecule has 2 aliphatic rings. The van der Waals surface area contributed by atoms with Crippen molar-refractivity contribution in [1.29, 1.82) is 0 Å². The zero-order valence-corrected chi connectivity index (χ0v) is 30.9. The molecule has 2 aromatic carbocycles. The summed E-state index contributed by atoms with van der Waals surface area (Å²) in [5, 5.41) is 5.78. The zero-order chi connectivity index (χ0) is 37.3. The average Bonchev–Trinajstić information content (AvgIpc) is 3.15. The first-order valence-electron chi connectivity index (χ1n) is 18.7. The number of unbranched alkanes of at least 4 members (excludes halogenated alkanes) is 1. The highest BCUT2D eigenvalue weighted by Gasteiger charge is 2.35. The van der Waals surface area contributed by atoms with Crippen LogP contribution in [0, 0.1) is 23.5 Å². The number of likely N-dealkylation sites (N-methyl/N-ethyl adjacent to an activating group) is 1. The van der Waals surface area contributed by atoms with E-state index in [4.69, 9.17) is 14.2 Å². The third kappa shape index (κ3) is 12.8. The molecule has 0 unspecified atom stereocenters. The van der Waals surface area contributed by atoms with Crippen LogP contribution in [0.2, 0.25) is 0 Å². The first-order valence-corrected chi connectivity index (χ1v) is 18.7. The van der Waals surface area contributed by atoms with Crippen LogP contribution in [0.3, 0.4) is 0 Å². The fourth-order valence-electron chi connectivity index (χ4n) is 7.10. The minimum Gasteiger partial charge on any atom is -0.490 e. The van der Waals surface area contributed by atoms with Gasteiger partial charge in [0.2, 0.25) is 0 Å². The monoisotopic (exact) mass is 730 g/mol. The molecule has 2 aromatic rings. The number of hydrogen-bond acceptors (Lipinski definition) is 7. The summed E-state index contributed by atoms with van der Waals surface area (Å²) in [5.41, 5.74) is 1.11. The van der Waals surface area contributed by atoms with E-state index in [9.17, 15) is 18.8 Å². The lowest BCUT2D eigenvalue weighted by Gasteiger charge is -2.38. The largest absolute Gasteiger partial charge is 0.490 e. The van der Waals surface area contributed by atoms with E-state index in [2.05, 4.69) is 15.4 Å². The average molecular weight is 731 g/mol. The predicted octanol–water partition coefficient (Wildman–Crippen LogP) is 7.59. The van der Waals surface area contributed by atoms with Gasteiger partial charge in [-0.15, -0.1) is 0 Å². The summed E-state index contributed by atoms with van der Waals surface area (Å²) in [6.45, 7) is 3.56. The number of nitrogens with zero attached hydrogens (tertiary/aromatic N) is 2. The summed E-state index contributed by atoms with van der Waals surface area (Å²) in [5.74, 6) is -1.56. The van der Waals surface area contributed by atoms with Gasteiger partial charge in [-0.3, -0.25) is 0 Å². The molecule has 0 radical (unpaired) electrons. The number of alkyl carbamates (subject to hydrolysis) is 1. The third-order valence-corrected chi connectivity index (χ3v) is 9.80. The molecule has 288 valence electrons. The number of carbonyl (C=O) groups is 3. The molecule has 52 heavy (non-hydrogen) atoms. The normalized spacial score (nSPS) is 17.5. The second-order valence-corrected chi connectivity index (χ2v) is 13.9. The molecule has 2 fully saturated rings. The van der Waals surface area contributed by atoms with Crippen LogP contribution in [0.5, 0.6) is 5.75 Å². The first kappa shape index (κ1) is 40.6. The first-order chi connectivity index (χ1) is 25.2. The van der Waals surface area contributed by atoms with Crippen LogP contribution in [0.15, 0.2) is 42.5 Å². The van der Waals surface area contributed by atoms with Crippen molar-refractivity contribution < 1.29 is 42.1 Å². The van der Waals surface area contributed by atoms with Crippen molar-refractivity contribution >= 4 is 18.2 Å². The molecular formula is C39H56F2N4O7. The van der Waals surface area contributed by atoms with Gasteiger partial charge >= 0.3 is 18.2 Å². The Labute approximate surface area is 306 Å². The van der Waals surface area contributed by atoms with E-state index in [-0.39, 0.29) is 68.8 Å². The molecule has 0 bridgehead atoms. The molecule has 1 aliphatic carbocycles. The molecule has 1 saturated carbocycles. The summed E-state index contributed by atoms with van der Waals surface area (Å²) in [4.78, 5) is 41.8. The molecule has 1 saturated heterocycles. The quantitative estimate of drug-likeness (QED) is 0.161. The van der Waals surface area contributed by atoms with Gasteiger partial charge in [0, 0.05) is 56.8 Å². The van der Waals surface area contributed by atoms with E-state index in [0.29, 0.717) is 31.7 Å². The highest BCUT2D eigenvalue weighted by molar-refractivity contribution is 5.75. The Bertz CT molecular complexity index is 1410. The molecule has 3 atom stereocenters. The summed E-state index contributed by atoms with van der Waals surface area (Å²) in [7, 11) is 2.94. The van der Waals surface area contributed by atoms with Crippen molar-refractivity contribution in [1.82, 2.24) is 20.4 Å². The number of benzene rings is 2. The topological polar surface area (TPSA) is 119 Å². The van der Waals surface area contributed by atoms with Gasteiger partial charge in [0.15, 0.2) is 11.6 Å². The lowest BCUT2D eigenvalue weighted by atomic mass is 9.84. The molecule has 1 heterocycles.